The average molecular weight is 276 g/mol. The molecule has 0 saturated heterocycles. The van der Waals surface area contributed by atoms with E-state index in [0.717, 1.165) is 35.9 Å². The first-order valence-electron chi connectivity index (χ1n) is 6.41. The molecule has 4 heteroatoms. The van der Waals surface area contributed by atoms with E-state index >= 15 is 0 Å². The van der Waals surface area contributed by atoms with Gasteiger partial charge in [0.2, 0.25) is 0 Å². The molecular formula is C15H18ClN3. The molecule has 0 bridgehead atoms. The fraction of sp³-hybridized carbons (Fsp3) is 0.333. The lowest BCUT2D eigenvalue weighted by molar-refractivity contribution is 0.790. The molecule has 0 aliphatic rings. The lowest BCUT2D eigenvalue weighted by Gasteiger charge is -2.22. The lowest BCUT2D eigenvalue weighted by atomic mass is 10.2. The second-order valence-electron chi connectivity index (χ2n) is 4.44. The van der Waals surface area contributed by atoms with Crippen molar-refractivity contribution in [3.05, 3.63) is 53.5 Å². The predicted molar refractivity (Wildman–Crippen MR) is 79.5 cm³/mol. The molecule has 0 aromatic carbocycles. The largest absolute Gasteiger partial charge is 0.351 e. The van der Waals surface area contributed by atoms with Crippen molar-refractivity contribution in [1.29, 1.82) is 0 Å². The minimum atomic E-state index is 0.511. The molecule has 0 fully saturated rings. The van der Waals surface area contributed by atoms with Gasteiger partial charge in [-0.1, -0.05) is 6.07 Å². The number of nitrogens with zero attached hydrogens (tertiary/aromatic N) is 3. The summed E-state index contributed by atoms with van der Waals surface area (Å²) in [5, 5.41) is 0. The van der Waals surface area contributed by atoms with E-state index in [1.807, 2.05) is 43.5 Å². The molecule has 0 N–H and O–H groups in total. The molecule has 100 valence electrons. The first-order chi connectivity index (χ1) is 9.22. The van der Waals surface area contributed by atoms with Crippen LogP contribution in [0.4, 0.5) is 5.82 Å². The van der Waals surface area contributed by atoms with E-state index in [1.54, 1.807) is 0 Å². The molecule has 3 nitrogen and oxygen atoms in total. The van der Waals surface area contributed by atoms with Gasteiger partial charge >= 0.3 is 0 Å². The molecule has 0 amide bonds. The number of alkyl halides is 1. The maximum atomic E-state index is 5.92. The van der Waals surface area contributed by atoms with E-state index in [1.165, 1.54) is 0 Å². The highest BCUT2D eigenvalue weighted by molar-refractivity contribution is 6.17. The summed E-state index contributed by atoms with van der Waals surface area (Å²) in [6, 6.07) is 10.0. The van der Waals surface area contributed by atoms with Gasteiger partial charge in [-0.15, -0.1) is 11.6 Å². The summed E-state index contributed by atoms with van der Waals surface area (Å²) < 4.78 is 0. The lowest BCUT2D eigenvalue weighted by Crippen LogP contribution is -2.24. The molecule has 2 aromatic heterocycles. The third-order valence-corrected chi connectivity index (χ3v) is 3.25. The number of hydrogen-bond donors (Lipinski definition) is 0. The van der Waals surface area contributed by atoms with E-state index in [-0.39, 0.29) is 0 Å². The molecule has 0 aliphatic carbocycles. The quantitative estimate of drug-likeness (QED) is 0.782. The fourth-order valence-electron chi connectivity index (χ4n) is 2.00. The van der Waals surface area contributed by atoms with Crippen molar-refractivity contribution in [2.24, 2.45) is 0 Å². The third kappa shape index (κ3) is 3.67. The minimum Gasteiger partial charge on any atom is -0.351 e. The number of pyridine rings is 2. The van der Waals surface area contributed by atoms with Gasteiger partial charge in [-0.3, -0.25) is 4.98 Å². The third-order valence-electron chi connectivity index (χ3n) is 2.94. The highest BCUT2D eigenvalue weighted by Gasteiger charge is 2.09. The maximum Gasteiger partial charge on any atom is 0.129 e. The van der Waals surface area contributed by atoms with Crippen LogP contribution in [0.1, 0.15) is 23.9 Å². The number of rotatable bonds is 5. The first kappa shape index (κ1) is 13.8. The molecule has 2 aromatic rings. The number of hydrogen-bond acceptors (Lipinski definition) is 3. The van der Waals surface area contributed by atoms with Crippen LogP contribution >= 0.6 is 11.6 Å². The van der Waals surface area contributed by atoms with Crippen LogP contribution in [0.3, 0.4) is 0 Å². The minimum absolute atomic E-state index is 0.511. The van der Waals surface area contributed by atoms with Crippen LogP contribution in [-0.4, -0.2) is 16.5 Å². The summed E-state index contributed by atoms with van der Waals surface area (Å²) in [7, 11) is 0. The average Bonchev–Trinajstić information content (AvgIpc) is 2.45. The van der Waals surface area contributed by atoms with Crippen molar-refractivity contribution >= 4 is 17.4 Å². The molecule has 0 saturated carbocycles. The van der Waals surface area contributed by atoms with E-state index < -0.39 is 0 Å². The van der Waals surface area contributed by atoms with Gasteiger partial charge in [0.25, 0.3) is 0 Å². The summed E-state index contributed by atoms with van der Waals surface area (Å²) in [6.07, 6.45) is 1.82. The van der Waals surface area contributed by atoms with Crippen LogP contribution < -0.4 is 4.90 Å². The Bertz CT molecular complexity index is 528. The fourth-order valence-corrected chi connectivity index (χ4v) is 2.16. The van der Waals surface area contributed by atoms with Crippen molar-refractivity contribution in [3.8, 4) is 0 Å². The second-order valence-corrected chi connectivity index (χ2v) is 4.71. The van der Waals surface area contributed by atoms with E-state index in [4.69, 9.17) is 11.6 Å². The summed E-state index contributed by atoms with van der Waals surface area (Å²) in [5.74, 6) is 1.47. The van der Waals surface area contributed by atoms with Crippen LogP contribution in [0, 0.1) is 6.92 Å². The highest BCUT2D eigenvalue weighted by Crippen LogP contribution is 2.18. The molecule has 2 heterocycles. The standard InChI is InChI=1S/C15H18ClN3/c1-3-19(11-14-6-4-5-7-17-14)15-9-13(10-16)8-12(2)18-15/h4-9H,3,10-11H2,1-2H3. The Morgan fingerprint density at radius 1 is 1.26 bits per heavy atom. The monoisotopic (exact) mass is 275 g/mol. The normalized spacial score (nSPS) is 10.5. The van der Waals surface area contributed by atoms with Crippen molar-refractivity contribution in [2.75, 3.05) is 11.4 Å². The molecule has 0 spiro atoms. The van der Waals surface area contributed by atoms with Crippen molar-refractivity contribution < 1.29 is 0 Å². The summed E-state index contributed by atoms with van der Waals surface area (Å²) >= 11 is 5.92. The van der Waals surface area contributed by atoms with E-state index in [2.05, 4.69) is 21.8 Å². The van der Waals surface area contributed by atoms with Gasteiger partial charge in [0, 0.05) is 24.3 Å². The van der Waals surface area contributed by atoms with Crippen molar-refractivity contribution in [1.82, 2.24) is 9.97 Å². The zero-order valence-corrected chi connectivity index (χ0v) is 12.1. The summed E-state index contributed by atoms with van der Waals surface area (Å²) in [6.45, 7) is 5.76. The SMILES string of the molecule is CCN(Cc1ccccn1)c1cc(CCl)cc(C)n1. The van der Waals surface area contributed by atoms with Crippen LogP contribution in [0.2, 0.25) is 0 Å². The van der Waals surface area contributed by atoms with Gasteiger partial charge in [0.05, 0.1) is 12.2 Å². The van der Waals surface area contributed by atoms with Crippen molar-refractivity contribution in [3.63, 3.8) is 0 Å². The van der Waals surface area contributed by atoms with Crippen LogP contribution in [0.25, 0.3) is 0 Å². The number of aryl methyl sites for hydroxylation is 1. The Morgan fingerprint density at radius 3 is 2.74 bits per heavy atom. The zero-order valence-electron chi connectivity index (χ0n) is 11.3. The summed E-state index contributed by atoms with van der Waals surface area (Å²) in [5.41, 5.74) is 3.14. The van der Waals surface area contributed by atoms with Crippen molar-refractivity contribution in [2.45, 2.75) is 26.3 Å². The van der Waals surface area contributed by atoms with Gasteiger partial charge in [-0.2, -0.15) is 0 Å². The molecule has 0 unspecified atom stereocenters. The zero-order chi connectivity index (χ0) is 13.7. The van der Waals surface area contributed by atoms with E-state index in [0.29, 0.717) is 5.88 Å². The maximum absolute atomic E-state index is 5.92. The van der Waals surface area contributed by atoms with Crippen LogP contribution in [0.15, 0.2) is 36.5 Å². The molecular weight excluding hydrogens is 258 g/mol. The van der Waals surface area contributed by atoms with Gasteiger partial charge in [-0.05, 0) is 43.7 Å². The number of halogens is 1. The Balaban J connectivity index is 2.24. The van der Waals surface area contributed by atoms with Gasteiger partial charge in [0.1, 0.15) is 5.82 Å². The van der Waals surface area contributed by atoms with Crippen LogP contribution in [-0.2, 0) is 12.4 Å². The highest BCUT2D eigenvalue weighted by atomic mass is 35.5. The number of anilines is 1. The Morgan fingerprint density at radius 2 is 2.11 bits per heavy atom. The Hall–Kier alpha value is -1.61. The first-order valence-corrected chi connectivity index (χ1v) is 6.94. The smallest absolute Gasteiger partial charge is 0.129 e. The van der Waals surface area contributed by atoms with Gasteiger partial charge in [0.15, 0.2) is 0 Å². The van der Waals surface area contributed by atoms with Crippen LogP contribution in [0.5, 0.6) is 0 Å². The second kappa shape index (κ2) is 6.53. The van der Waals surface area contributed by atoms with Gasteiger partial charge < -0.3 is 4.90 Å². The molecule has 2 rings (SSSR count). The predicted octanol–water partition coefficient (Wildman–Crippen LogP) is 3.55. The molecule has 19 heavy (non-hydrogen) atoms. The van der Waals surface area contributed by atoms with Gasteiger partial charge in [-0.25, -0.2) is 4.98 Å². The van der Waals surface area contributed by atoms with E-state index in [9.17, 15) is 0 Å². The Labute approximate surface area is 119 Å². The molecule has 0 atom stereocenters. The Kier molecular flexibility index (Phi) is 4.74. The molecule has 0 aliphatic heterocycles. The topological polar surface area (TPSA) is 29.0 Å². The molecule has 0 radical (unpaired) electrons. The number of aromatic nitrogens is 2. The summed E-state index contributed by atoms with van der Waals surface area (Å²) in [4.78, 5) is 11.1.